The quantitative estimate of drug-likeness (QED) is 0.191. The van der Waals surface area contributed by atoms with Crippen LogP contribution >= 0.6 is 11.8 Å². The van der Waals surface area contributed by atoms with Crippen molar-refractivity contribution in [3.8, 4) is 0 Å². The molecule has 0 saturated carbocycles. The molecule has 7 N–H and O–H groups in total. The summed E-state index contributed by atoms with van der Waals surface area (Å²) in [6.45, 7) is 3.55. The number of carbonyl (C=O) groups is 4. The lowest BCUT2D eigenvalue weighted by Crippen LogP contribution is -2.58. The number of hydrogen-bond acceptors (Lipinski definition) is 7. The van der Waals surface area contributed by atoms with E-state index in [2.05, 4.69) is 25.9 Å². The predicted molar refractivity (Wildman–Crippen MR) is 142 cm³/mol. The zero-order chi connectivity index (χ0) is 27.4. The Balaban J connectivity index is 2.06. The van der Waals surface area contributed by atoms with Crippen LogP contribution in [-0.2, 0) is 32.0 Å². The second kappa shape index (κ2) is 15.0. The van der Waals surface area contributed by atoms with Crippen LogP contribution < -0.4 is 21.7 Å². The van der Waals surface area contributed by atoms with E-state index in [1.54, 1.807) is 13.8 Å². The first-order valence-corrected chi connectivity index (χ1v) is 13.4. The summed E-state index contributed by atoms with van der Waals surface area (Å²) in [5.41, 5.74) is 7.52. The fourth-order valence-corrected chi connectivity index (χ4v) is 4.08. The van der Waals surface area contributed by atoms with Crippen LogP contribution in [0.2, 0.25) is 0 Å². The summed E-state index contributed by atoms with van der Waals surface area (Å²) >= 11 is 1.49. The lowest BCUT2D eigenvalue weighted by Gasteiger charge is -2.27. The van der Waals surface area contributed by atoms with Crippen molar-refractivity contribution in [2.24, 2.45) is 11.7 Å². The Morgan fingerprint density at radius 3 is 2.24 bits per heavy atom. The van der Waals surface area contributed by atoms with Gasteiger partial charge in [-0.3, -0.25) is 14.4 Å². The first-order valence-electron chi connectivity index (χ1n) is 12.0. The van der Waals surface area contributed by atoms with Gasteiger partial charge in [-0.2, -0.15) is 11.8 Å². The molecule has 1 aromatic carbocycles. The molecule has 202 valence electrons. The smallest absolute Gasteiger partial charge is 0.326 e. The number of aromatic amines is 1. The van der Waals surface area contributed by atoms with E-state index in [1.165, 1.54) is 24.3 Å². The molecule has 3 amide bonds. The van der Waals surface area contributed by atoms with Gasteiger partial charge in [0.25, 0.3) is 0 Å². The van der Waals surface area contributed by atoms with Crippen molar-refractivity contribution >= 4 is 35.5 Å². The zero-order valence-electron chi connectivity index (χ0n) is 21.3. The maximum Gasteiger partial charge on any atom is 0.326 e. The van der Waals surface area contributed by atoms with Gasteiger partial charge < -0.3 is 31.8 Å². The van der Waals surface area contributed by atoms with Gasteiger partial charge in [-0.15, -0.1) is 0 Å². The van der Waals surface area contributed by atoms with Crippen LogP contribution in [0.15, 0.2) is 42.9 Å². The van der Waals surface area contributed by atoms with Gasteiger partial charge in [-0.25, -0.2) is 9.78 Å². The number of carbonyl (C=O) groups excluding carboxylic acids is 3. The zero-order valence-corrected chi connectivity index (χ0v) is 22.1. The van der Waals surface area contributed by atoms with E-state index in [-0.39, 0.29) is 18.8 Å². The van der Waals surface area contributed by atoms with Gasteiger partial charge in [0.2, 0.25) is 17.7 Å². The molecule has 11 nitrogen and oxygen atoms in total. The van der Waals surface area contributed by atoms with E-state index >= 15 is 0 Å². The molecule has 0 radical (unpaired) electrons. The van der Waals surface area contributed by atoms with Crippen molar-refractivity contribution in [3.05, 3.63) is 54.1 Å². The van der Waals surface area contributed by atoms with Gasteiger partial charge in [0.15, 0.2) is 0 Å². The number of aromatic nitrogens is 2. The maximum absolute atomic E-state index is 13.2. The predicted octanol–water partition coefficient (Wildman–Crippen LogP) is 0.470. The SMILES string of the molecule is CSCCC(NC(=O)C(NC(=O)C(N)Cc1ccccc1)C(C)C)C(=O)NC(Cc1cnc[nH]1)C(=O)O. The summed E-state index contributed by atoms with van der Waals surface area (Å²) in [5, 5.41) is 17.5. The van der Waals surface area contributed by atoms with E-state index in [0.717, 1.165) is 5.56 Å². The number of aliphatic carboxylic acids is 1. The average molecular weight is 533 g/mol. The maximum atomic E-state index is 13.2. The Morgan fingerprint density at radius 1 is 1.00 bits per heavy atom. The molecule has 4 unspecified atom stereocenters. The number of thioether (sulfide) groups is 1. The van der Waals surface area contributed by atoms with Crippen molar-refractivity contribution in [1.29, 1.82) is 0 Å². The molecule has 2 aromatic rings. The Labute approximate surface area is 220 Å². The minimum Gasteiger partial charge on any atom is -0.480 e. The van der Waals surface area contributed by atoms with Crippen LogP contribution in [-0.4, -0.2) is 74.9 Å². The van der Waals surface area contributed by atoms with Crippen molar-refractivity contribution < 1.29 is 24.3 Å². The number of carboxylic acids is 1. The molecule has 0 aliphatic heterocycles. The minimum atomic E-state index is -1.21. The third-order valence-corrected chi connectivity index (χ3v) is 6.36. The molecule has 37 heavy (non-hydrogen) atoms. The Kier molecular flexibility index (Phi) is 12.1. The number of nitrogens with one attached hydrogen (secondary N) is 4. The molecule has 12 heteroatoms. The van der Waals surface area contributed by atoms with Gasteiger partial charge in [0, 0.05) is 18.3 Å². The molecule has 0 saturated heterocycles. The van der Waals surface area contributed by atoms with E-state index in [1.807, 2.05) is 36.6 Å². The van der Waals surface area contributed by atoms with E-state index < -0.39 is 47.9 Å². The molecule has 1 aromatic heterocycles. The third-order valence-electron chi connectivity index (χ3n) is 5.72. The average Bonchev–Trinajstić information content (AvgIpc) is 3.37. The second-order valence-corrected chi connectivity index (χ2v) is 10.0. The number of nitrogens with two attached hydrogens (primary N) is 1. The molecular formula is C25H36N6O5S. The highest BCUT2D eigenvalue weighted by molar-refractivity contribution is 7.98. The highest BCUT2D eigenvalue weighted by atomic mass is 32.2. The van der Waals surface area contributed by atoms with Crippen molar-refractivity contribution in [3.63, 3.8) is 0 Å². The highest BCUT2D eigenvalue weighted by Crippen LogP contribution is 2.09. The summed E-state index contributed by atoms with van der Waals surface area (Å²) in [5.74, 6) is -2.59. The van der Waals surface area contributed by atoms with Gasteiger partial charge in [-0.05, 0) is 36.3 Å². The summed E-state index contributed by atoms with van der Waals surface area (Å²) in [4.78, 5) is 57.4. The molecule has 0 aliphatic rings. The number of carboxylic acid groups (broad SMARTS) is 1. The normalized spacial score (nSPS) is 14.3. The summed E-state index contributed by atoms with van der Waals surface area (Å²) in [7, 11) is 0. The van der Waals surface area contributed by atoms with Crippen LogP contribution in [0.4, 0.5) is 0 Å². The lowest BCUT2D eigenvalue weighted by molar-refractivity contribution is -0.142. The Hall–Kier alpha value is -3.38. The monoisotopic (exact) mass is 532 g/mol. The molecule has 0 spiro atoms. The molecule has 0 fully saturated rings. The number of amides is 3. The number of nitrogens with zero attached hydrogens (tertiary/aromatic N) is 1. The molecule has 0 aliphatic carbocycles. The van der Waals surface area contributed by atoms with Gasteiger partial charge in [0.1, 0.15) is 18.1 Å². The van der Waals surface area contributed by atoms with Gasteiger partial charge >= 0.3 is 5.97 Å². The van der Waals surface area contributed by atoms with Crippen LogP contribution in [0.25, 0.3) is 0 Å². The molecule has 4 atom stereocenters. The largest absolute Gasteiger partial charge is 0.480 e. The highest BCUT2D eigenvalue weighted by Gasteiger charge is 2.31. The first kappa shape index (κ1) is 29.8. The standard InChI is InChI=1S/C25H36N6O5S/c1-15(2)21(31-22(32)18(26)11-16-7-5-4-6-8-16)24(34)29-19(9-10-37-3)23(33)30-20(25(35)36)12-17-13-27-14-28-17/h4-8,13-15,18-21H,9-12,26H2,1-3H3,(H,27,28)(H,29,34)(H,30,33)(H,31,32)(H,35,36). The van der Waals surface area contributed by atoms with E-state index in [0.29, 0.717) is 17.9 Å². The third kappa shape index (κ3) is 9.89. The van der Waals surface area contributed by atoms with Crippen molar-refractivity contribution in [1.82, 2.24) is 25.9 Å². The Morgan fingerprint density at radius 2 is 1.68 bits per heavy atom. The summed E-state index contributed by atoms with van der Waals surface area (Å²) in [6, 6.07) is 5.33. The molecule has 1 heterocycles. The summed E-state index contributed by atoms with van der Waals surface area (Å²) < 4.78 is 0. The lowest BCUT2D eigenvalue weighted by atomic mass is 10.0. The fourth-order valence-electron chi connectivity index (χ4n) is 3.61. The number of benzene rings is 1. The first-order chi connectivity index (χ1) is 17.6. The van der Waals surface area contributed by atoms with E-state index in [4.69, 9.17) is 5.73 Å². The topological polar surface area (TPSA) is 179 Å². The number of rotatable bonds is 15. The number of H-pyrrole nitrogens is 1. The van der Waals surface area contributed by atoms with Crippen LogP contribution in [0.3, 0.4) is 0 Å². The minimum absolute atomic E-state index is 0.00818. The fraction of sp³-hybridized carbons (Fsp3) is 0.480. The number of imidazole rings is 1. The van der Waals surface area contributed by atoms with Crippen molar-refractivity contribution in [2.75, 3.05) is 12.0 Å². The van der Waals surface area contributed by atoms with Crippen LogP contribution in [0.1, 0.15) is 31.5 Å². The van der Waals surface area contributed by atoms with Gasteiger partial charge in [0.05, 0.1) is 12.4 Å². The summed E-state index contributed by atoms with van der Waals surface area (Å²) in [6.07, 6.45) is 5.36. The number of hydrogen-bond donors (Lipinski definition) is 6. The van der Waals surface area contributed by atoms with Gasteiger partial charge in [-0.1, -0.05) is 44.2 Å². The molecular weight excluding hydrogens is 496 g/mol. The molecule has 2 rings (SSSR count). The second-order valence-electron chi connectivity index (χ2n) is 9.05. The van der Waals surface area contributed by atoms with Crippen LogP contribution in [0, 0.1) is 5.92 Å². The van der Waals surface area contributed by atoms with Crippen molar-refractivity contribution in [2.45, 2.75) is 57.3 Å². The van der Waals surface area contributed by atoms with E-state index in [9.17, 15) is 24.3 Å². The molecule has 0 bridgehead atoms. The Bertz CT molecular complexity index is 1020. The van der Waals surface area contributed by atoms with Crippen LogP contribution in [0.5, 0.6) is 0 Å².